The van der Waals surface area contributed by atoms with Crippen molar-refractivity contribution < 1.29 is 10.0 Å². The lowest BCUT2D eigenvalue weighted by Gasteiger charge is -2.37. The van der Waals surface area contributed by atoms with Crippen molar-refractivity contribution in [1.29, 1.82) is 0 Å². The van der Waals surface area contributed by atoms with E-state index in [9.17, 15) is 4.79 Å². The van der Waals surface area contributed by atoms with E-state index in [2.05, 4.69) is 17.4 Å². The summed E-state index contributed by atoms with van der Waals surface area (Å²) >= 11 is 0. The van der Waals surface area contributed by atoms with Crippen LogP contribution in [0, 0.1) is 5.92 Å². The second kappa shape index (κ2) is 7.00. The summed E-state index contributed by atoms with van der Waals surface area (Å²) in [7, 11) is 0. The van der Waals surface area contributed by atoms with Gasteiger partial charge >= 0.3 is 6.03 Å². The van der Waals surface area contributed by atoms with Crippen LogP contribution in [0.1, 0.15) is 58.3 Å². The summed E-state index contributed by atoms with van der Waals surface area (Å²) in [5, 5.41) is 15.4. The number of amides is 2. The lowest BCUT2D eigenvalue weighted by molar-refractivity contribution is 0.161. The van der Waals surface area contributed by atoms with E-state index >= 15 is 0 Å². The molecule has 0 aromatic carbocycles. The number of piperidine rings is 1. The highest BCUT2D eigenvalue weighted by Crippen LogP contribution is 2.28. The van der Waals surface area contributed by atoms with E-state index in [1.54, 1.807) is 0 Å². The first-order valence-electron chi connectivity index (χ1n) is 8.12. The second-order valence-electron chi connectivity index (χ2n) is 6.61. The Hall–Kier alpha value is -1.46. The van der Waals surface area contributed by atoms with Crippen molar-refractivity contribution in [3.05, 3.63) is 0 Å². The summed E-state index contributed by atoms with van der Waals surface area (Å²) < 4.78 is 0. The smallest absolute Gasteiger partial charge is 0.318 e. The van der Waals surface area contributed by atoms with Crippen molar-refractivity contribution >= 4 is 11.9 Å². The SMILES string of the molecule is CC1CCCN(C(=O)NC2(C(N)=NO)CCCCCC2)C1. The maximum absolute atomic E-state index is 12.6. The molecule has 2 fully saturated rings. The molecular formula is C15H28N4O2. The number of carbonyl (C=O) groups excluding carboxylic acids is 1. The zero-order valence-corrected chi connectivity index (χ0v) is 13.0. The minimum Gasteiger partial charge on any atom is -0.409 e. The number of likely N-dealkylation sites (tertiary alicyclic amines) is 1. The number of hydrogen-bond acceptors (Lipinski definition) is 3. The number of urea groups is 1. The first-order valence-corrected chi connectivity index (χ1v) is 8.12. The van der Waals surface area contributed by atoms with E-state index in [-0.39, 0.29) is 11.9 Å². The molecule has 1 unspecified atom stereocenters. The molecule has 4 N–H and O–H groups in total. The number of nitrogens with one attached hydrogen (secondary N) is 1. The van der Waals surface area contributed by atoms with Gasteiger partial charge in [-0.15, -0.1) is 0 Å². The molecule has 1 atom stereocenters. The summed E-state index contributed by atoms with van der Waals surface area (Å²) in [6, 6.07) is -0.0740. The number of hydrogen-bond donors (Lipinski definition) is 3. The lowest BCUT2D eigenvalue weighted by Crippen LogP contribution is -2.60. The third-order valence-corrected chi connectivity index (χ3v) is 4.85. The lowest BCUT2D eigenvalue weighted by atomic mass is 9.89. The van der Waals surface area contributed by atoms with Gasteiger partial charge in [0.1, 0.15) is 5.54 Å². The predicted molar refractivity (Wildman–Crippen MR) is 82.3 cm³/mol. The Balaban J connectivity index is 2.09. The summed E-state index contributed by atoms with van der Waals surface area (Å²) in [5.74, 6) is 0.682. The average molecular weight is 296 g/mol. The Morgan fingerprint density at radius 3 is 2.52 bits per heavy atom. The number of oxime groups is 1. The first kappa shape index (κ1) is 15.9. The fourth-order valence-corrected chi connectivity index (χ4v) is 3.53. The van der Waals surface area contributed by atoms with Crippen molar-refractivity contribution in [3.63, 3.8) is 0 Å². The summed E-state index contributed by atoms with van der Waals surface area (Å²) in [6.07, 6.45) is 7.98. The maximum Gasteiger partial charge on any atom is 0.318 e. The van der Waals surface area contributed by atoms with Gasteiger partial charge in [-0.25, -0.2) is 4.79 Å². The third-order valence-electron chi connectivity index (χ3n) is 4.85. The van der Waals surface area contributed by atoms with E-state index < -0.39 is 5.54 Å². The molecule has 0 radical (unpaired) electrons. The summed E-state index contributed by atoms with van der Waals surface area (Å²) in [4.78, 5) is 14.4. The van der Waals surface area contributed by atoms with Crippen LogP contribution in [0.4, 0.5) is 4.79 Å². The Morgan fingerprint density at radius 1 is 1.29 bits per heavy atom. The molecule has 1 heterocycles. The Bertz CT molecular complexity index is 389. The van der Waals surface area contributed by atoms with E-state index in [0.717, 1.165) is 58.0 Å². The van der Waals surface area contributed by atoms with Crippen LogP contribution in [0.3, 0.4) is 0 Å². The summed E-state index contributed by atoms with van der Waals surface area (Å²) in [5.41, 5.74) is 5.25. The van der Waals surface area contributed by atoms with Crippen LogP contribution in [0.5, 0.6) is 0 Å². The van der Waals surface area contributed by atoms with E-state index in [4.69, 9.17) is 10.9 Å². The predicted octanol–water partition coefficient (Wildman–Crippen LogP) is 2.27. The average Bonchev–Trinajstić information content (AvgIpc) is 2.73. The number of nitrogens with zero attached hydrogens (tertiary/aromatic N) is 2. The highest BCUT2D eigenvalue weighted by molar-refractivity contribution is 5.93. The molecule has 2 rings (SSSR count). The zero-order chi connectivity index (χ0) is 15.3. The molecule has 0 spiro atoms. The second-order valence-corrected chi connectivity index (χ2v) is 6.61. The van der Waals surface area contributed by atoms with E-state index in [1.165, 1.54) is 6.42 Å². The molecule has 1 saturated heterocycles. The molecule has 0 aromatic heterocycles. The van der Waals surface area contributed by atoms with Crippen molar-refractivity contribution in [2.24, 2.45) is 16.8 Å². The van der Waals surface area contributed by atoms with Gasteiger partial charge in [0.15, 0.2) is 5.84 Å². The Labute approximate surface area is 126 Å². The molecule has 1 aliphatic heterocycles. The van der Waals surface area contributed by atoms with E-state index in [0.29, 0.717) is 5.92 Å². The molecule has 1 saturated carbocycles. The van der Waals surface area contributed by atoms with Crippen LogP contribution in [-0.4, -0.2) is 40.6 Å². The van der Waals surface area contributed by atoms with Crippen LogP contribution in [-0.2, 0) is 0 Å². The number of amidine groups is 1. The van der Waals surface area contributed by atoms with Crippen LogP contribution >= 0.6 is 0 Å². The Morgan fingerprint density at radius 2 is 1.95 bits per heavy atom. The highest BCUT2D eigenvalue weighted by Gasteiger charge is 2.38. The molecule has 1 aliphatic carbocycles. The van der Waals surface area contributed by atoms with Crippen LogP contribution in [0.15, 0.2) is 5.16 Å². The standard InChI is InChI=1S/C15H28N4O2/c1-12-7-6-10-19(11-12)14(20)17-15(13(16)18-21)8-4-2-3-5-9-15/h12,21H,2-11H2,1H3,(H2,16,18)(H,17,20). The molecular weight excluding hydrogens is 268 g/mol. The van der Waals surface area contributed by atoms with Gasteiger partial charge in [-0.3, -0.25) is 0 Å². The molecule has 120 valence electrons. The fourth-order valence-electron chi connectivity index (χ4n) is 3.53. The Kier molecular flexibility index (Phi) is 5.31. The van der Waals surface area contributed by atoms with Gasteiger partial charge in [-0.05, 0) is 31.6 Å². The van der Waals surface area contributed by atoms with Crippen LogP contribution in [0.2, 0.25) is 0 Å². The monoisotopic (exact) mass is 296 g/mol. The summed E-state index contributed by atoms with van der Waals surface area (Å²) in [6.45, 7) is 3.75. The van der Waals surface area contributed by atoms with Gasteiger partial charge in [-0.2, -0.15) is 0 Å². The zero-order valence-electron chi connectivity index (χ0n) is 13.0. The van der Waals surface area contributed by atoms with Crippen molar-refractivity contribution in [1.82, 2.24) is 10.2 Å². The fraction of sp³-hybridized carbons (Fsp3) is 0.867. The van der Waals surface area contributed by atoms with E-state index in [1.807, 2.05) is 4.90 Å². The minimum atomic E-state index is -0.678. The minimum absolute atomic E-state index is 0.0740. The largest absolute Gasteiger partial charge is 0.409 e. The number of nitrogens with two attached hydrogens (primary N) is 1. The quantitative estimate of drug-likeness (QED) is 0.240. The van der Waals surface area contributed by atoms with Crippen LogP contribution in [0.25, 0.3) is 0 Å². The normalized spacial score (nSPS) is 27.0. The van der Waals surface area contributed by atoms with Gasteiger partial charge in [0.25, 0.3) is 0 Å². The molecule has 2 aliphatic rings. The van der Waals surface area contributed by atoms with Crippen molar-refractivity contribution in [3.8, 4) is 0 Å². The van der Waals surface area contributed by atoms with Gasteiger partial charge in [-0.1, -0.05) is 37.8 Å². The van der Waals surface area contributed by atoms with Gasteiger partial charge in [0.2, 0.25) is 0 Å². The van der Waals surface area contributed by atoms with Gasteiger partial charge in [0.05, 0.1) is 0 Å². The molecule has 6 heteroatoms. The van der Waals surface area contributed by atoms with Gasteiger partial charge in [0, 0.05) is 13.1 Å². The molecule has 6 nitrogen and oxygen atoms in total. The molecule has 21 heavy (non-hydrogen) atoms. The van der Waals surface area contributed by atoms with Crippen molar-refractivity contribution in [2.75, 3.05) is 13.1 Å². The number of carbonyl (C=O) groups is 1. The molecule has 2 amide bonds. The number of rotatable bonds is 2. The maximum atomic E-state index is 12.6. The van der Waals surface area contributed by atoms with Gasteiger partial charge < -0.3 is 21.2 Å². The molecule has 0 bridgehead atoms. The highest BCUT2D eigenvalue weighted by atomic mass is 16.4. The van der Waals surface area contributed by atoms with Crippen molar-refractivity contribution in [2.45, 2.75) is 63.8 Å². The third kappa shape index (κ3) is 3.80. The first-order chi connectivity index (χ1) is 10.1. The molecule has 0 aromatic rings. The topological polar surface area (TPSA) is 91.0 Å². The van der Waals surface area contributed by atoms with Crippen LogP contribution < -0.4 is 11.1 Å².